The number of piperidine rings is 1. The number of amides is 1. The molecule has 3 rings (SSSR count). The Morgan fingerprint density at radius 1 is 1.48 bits per heavy atom. The molecule has 2 aliphatic rings. The van der Waals surface area contributed by atoms with Crippen LogP contribution in [-0.2, 0) is 4.79 Å². The summed E-state index contributed by atoms with van der Waals surface area (Å²) in [6, 6.07) is 5.13. The summed E-state index contributed by atoms with van der Waals surface area (Å²) in [5.41, 5.74) is 5.44. The highest BCUT2D eigenvalue weighted by Crippen LogP contribution is 2.46. The number of hydrogen-bond donors (Lipinski definition) is 5. The lowest BCUT2D eigenvalue weighted by molar-refractivity contribution is -0.149. The van der Waals surface area contributed by atoms with Crippen LogP contribution in [0.25, 0.3) is 0 Å². The molecule has 1 fully saturated rings. The third-order valence-corrected chi connectivity index (χ3v) is 5.50. The van der Waals surface area contributed by atoms with E-state index in [0.29, 0.717) is 36.7 Å². The van der Waals surface area contributed by atoms with Crippen LogP contribution in [0.1, 0.15) is 32.3 Å². The summed E-state index contributed by atoms with van der Waals surface area (Å²) in [5.74, 6) is 0.329. The van der Waals surface area contributed by atoms with Crippen LogP contribution in [0.5, 0.6) is 5.75 Å². The maximum absolute atomic E-state index is 12.3. The number of hydrogen-bond acceptors (Lipinski definition) is 8. The molecule has 0 saturated carbocycles. The summed E-state index contributed by atoms with van der Waals surface area (Å²) in [6.07, 6.45) is 1.75. The van der Waals surface area contributed by atoms with Crippen LogP contribution >= 0.6 is 11.0 Å². The normalized spacial score (nSPS) is 22.9. The molecule has 6 N–H and O–H groups in total. The quantitative estimate of drug-likeness (QED) is 0.521. The van der Waals surface area contributed by atoms with Crippen LogP contribution in [0.4, 0.5) is 5.69 Å². The van der Waals surface area contributed by atoms with Crippen molar-refractivity contribution in [3.05, 3.63) is 23.8 Å². The first-order valence-electron chi connectivity index (χ1n) is 8.76. The highest BCUT2D eigenvalue weighted by Gasteiger charge is 2.33. The van der Waals surface area contributed by atoms with Gasteiger partial charge in [0.15, 0.2) is 5.84 Å². The lowest BCUT2D eigenvalue weighted by Gasteiger charge is -2.36. The summed E-state index contributed by atoms with van der Waals surface area (Å²) >= 11 is 0. The molecule has 0 unspecified atom stereocenters. The molecule has 0 radical (unpaired) electrons. The number of carbonyl (C=O) groups is 1. The molecule has 2 aliphatic heterocycles. The zero-order valence-corrected chi connectivity index (χ0v) is 16.2. The van der Waals surface area contributed by atoms with Gasteiger partial charge < -0.3 is 20.5 Å². The van der Waals surface area contributed by atoms with E-state index >= 15 is 0 Å². The summed E-state index contributed by atoms with van der Waals surface area (Å²) in [7, 11) is -3.34. The number of fused-ring (bicyclic) bond motifs is 1. The van der Waals surface area contributed by atoms with Gasteiger partial charge in [-0.15, -0.1) is 4.40 Å². The number of nitrogens with one attached hydrogen (secondary N) is 1. The van der Waals surface area contributed by atoms with Crippen LogP contribution in [0.15, 0.2) is 22.6 Å². The topological polar surface area (TPSA) is 141 Å². The lowest BCUT2D eigenvalue weighted by Crippen LogP contribution is -2.49. The van der Waals surface area contributed by atoms with Crippen LogP contribution in [0, 0.1) is 5.92 Å². The van der Waals surface area contributed by atoms with E-state index < -0.39 is 16.6 Å². The number of ether oxygens (including phenoxy) is 1. The van der Waals surface area contributed by atoms with Gasteiger partial charge in [-0.1, -0.05) is 6.07 Å². The van der Waals surface area contributed by atoms with Crippen molar-refractivity contribution in [3.63, 3.8) is 0 Å². The second kappa shape index (κ2) is 7.19. The van der Waals surface area contributed by atoms with Crippen molar-refractivity contribution in [2.45, 2.75) is 32.3 Å². The van der Waals surface area contributed by atoms with E-state index in [9.17, 15) is 19.0 Å². The number of carbonyl (C=O) groups excluding carboxylic acids is 1. The first-order chi connectivity index (χ1) is 12.6. The van der Waals surface area contributed by atoms with Crippen LogP contribution in [-0.4, -0.2) is 56.2 Å². The van der Waals surface area contributed by atoms with Crippen molar-refractivity contribution in [2.75, 3.05) is 24.4 Å². The van der Waals surface area contributed by atoms with Gasteiger partial charge in [0, 0.05) is 19.0 Å². The first kappa shape index (κ1) is 19.7. The van der Waals surface area contributed by atoms with Crippen LogP contribution in [0.3, 0.4) is 0 Å². The predicted octanol–water partition coefficient (Wildman–Crippen LogP) is 1.79. The molecule has 9 nitrogen and oxygen atoms in total. The average molecular weight is 398 g/mol. The van der Waals surface area contributed by atoms with E-state index in [1.54, 1.807) is 23.1 Å². The number of nitrogens with two attached hydrogens (primary N) is 1. The van der Waals surface area contributed by atoms with Gasteiger partial charge >= 0.3 is 0 Å². The Hall–Kier alpha value is -2.01. The van der Waals surface area contributed by atoms with E-state index in [1.807, 2.05) is 0 Å². The Labute approximate surface area is 159 Å². The largest absolute Gasteiger partial charge is 0.492 e. The van der Waals surface area contributed by atoms with Crippen molar-refractivity contribution >= 4 is 28.4 Å². The van der Waals surface area contributed by atoms with E-state index in [0.717, 1.165) is 12.8 Å². The molecule has 1 aromatic carbocycles. The molecular formula is C17H26N4O5S. The van der Waals surface area contributed by atoms with Crippen molar-refractivity contribution in [3.8, 4) is 5.75 Å². The molecule has 0 spiro atoms. The Kier molecular flexibility index (Phi) is 5.26. The van der Waals surface area contributed by atoms with Gasteiger partial charge in [0.2, 0.25) is 0 Å². The van der Waals surface area contributed by atoms with Crippen molar-refractivity contribution < 1.29 is 23.7 Å². The van der Waals surface area contributed by atoms with Gasteiger partial charge in [-0.3, -0.25) is 18.6 Å². The summed E-state index contributed by atoms with van der Waals surface area (Å²) < 4.78 is 31.6. The molecule has 1 amide bonds. The third kappa shape index (κ3) is 4.46. The number of benzene rings is 1. The Bertz CT molecular complexity index is 762. The fourth-order valence-corrected chi connectivity index (χ4v) is 4.21. The molecule has 0 aliphatic carbocycles. The maximum atomic E-state index is 12.3. The van der Waals surface area contributed by atoms with Gasteiger partial charge in [0.1, 0.15) is 11.4 Å². The van der Waals surface area contributed by atoms with E-state index in [-0.39, 0.29) is 17.7 Å². The van der Waals surface area contributed by atoms with Crippen molar-refractivity contribution in [1.29, 1.82) is 0 Å². The minimum absolute atomic E-state index is 0.00169. The maximum Gasteiger partial charge on any atom is 0.253 e. The van der Waals surface area contributed by atoms with E-state index in [4.69, 9.17) is 10.5 Å². The zero-order chi connectivity index (χ0) is 19.8. The Morgan fingerprint density at radius 2 is 2.22 bits per heavy atom. The highest BCUT2D eigenvalue weighted by atomic mass is 32.3. The minimum Gasteiger partial charge on any atom is -0.492 e. The number of aliphatic hydroxyl groups is 1. The van der Waals surface area contributed by atoms with Gasteiger partial charge in [-0.2, -0.15) is 0 Å². The van der Waals surface area contributed by atoms with Gasteiger partial charge in [0.25, 0.3) is 5.91 Å². The summed E-state index contributed by atoms with van der Waals surface area (Å²) in [5, 5.41) is 9.94. The van der Waals surface area contributed by atoms with Gasteiger partial charge in [0.05, 0.1) is 17.9 Å². The molecule has 150 valence electrons. The van der Waals surface area contributed by atoms with Crippen LogP contribution in [0.2, 0.25) is 0 Å². The number of nitrogens with zero attached hydrogens (tertiary/aromatic N) is 2. The number of anilines is 1. The molecule has 1 atom stereocenters. The fourth-order valence-electron chi connectivity index (χ4n) is 3.33. The molecule has 2 heterocycles. The smallest absolute Gasteiger partial charge is 0.253 e. The molecular weight excluding hydrogens is 372 g/mol. The van der Waals surface area contributed by atoms with E-state index in [2.05, 4.69) is 9.12 Å². The average Bonchev–Trinajstić information content (AvgIpc) is 2.57. The molecule has 10 heteroatoms. The van der Waals surface area contributed by atoms with Crippen molar-refractivity contribution in [2.24, 2.45) is 16.0 Å². The number of amidine groups is 1. The molecule has 27 heavy (non-hydrogen) atoms. The van der Waals surface area contributed by atoms with E-state index in [1.165, 1.54) is 13.8 Å². The number of likely N-dealkylation sites (tertiary alicyclic amines) is 1. The Morgan fingerprint density at radius 3 is 2.93 bits per heavy atom. The minimum atomic E-state index is -3.34. The second-order valence-electron chi connectivity index (χ2n) is 7.41. The SMILES string of the molecule is CC(C)(O)C(=O)N1CCC[C@H](COc2cccc3c2C(N)=NS(O)(O)N3)C1. The molecule has 0 bridgehead atoms. The highest BCUT2D eigenvalue weighted by molar-refractivity contribution is 8.24. The fraction of sp³-hybridized carbons (Fsp3) is 0.529. The standard InChI is InChI=1S/C17H26N4O5S/c1-17(2,23)16(22)21-8-4-5-11(9-21)10-26-13-7-3-6-12-14(13)15(18)20-27(24,25)19-12/h3,6-7,11,19,23-25H,4-5,8-10H2,1-2H3,(H2,18,20)/t11-/m0/s1. The predicted molar refractivity (Wildman–Crippen MR) is 105 cm³/mol. The zero-order valence-electron chi connectivity index (χ0n) is 15.4. The Balaban J connectivity index is 1.69. The van der Waals surface area contributed by atoms with Crippen molar-refractivity contribution in [1.82, 2.24) is 4.90 Å². The lowest BCUT2D eigenvalue weighted by atomic mass is 9.97. The third-order valence-electron chi connectivity index (χ3n) is 4.56. The van der Waals surface area contributed by atoms with Gasteiger partial charge in [-0.25, -0.2) is 0 Å². The summed E-state index contributed by atoms with van der Waals surface area (Å²) in [4.78, 5) is 14.0. The van der Waals surface area contributed by atoms with Crippen LogP contribution < -0.4 is 15.2 Å². The molecule has 1 saturated heterocycles. The molecule has 0 aromatic heterocycles. The summed E-state index contributed by atoms with van der Waals surface area (Å²) in [6.45, 7) is 4.49. The second-order valence-corrected chi connectivity index (χ2v) is 8.83. The monoisotopic (exact) mass is 398 g/mol. The molecule has 1 aromatic rings. The first-order valence-corrected chi connectivity index (χ1v) is 10.3. The van der Waals surface area contributed by atoms with Gasteiger partial charge in [-0.05, 0) is 49.8 Å². The number of rotatable bonds is 4.